The van der Waals surface area contributed by atoms with Gasteiger partial charge in [0.25, 0.3) is 0 Å². The van der Waals surface area contributed by atoms with E-state index < -0.39 is 5.79 Å². The molecule has 2 atom stereocenters. The van der Waals surface area contributed by atoms with E-state index in [1.54, 1.807) is 0 Å². The molecule has 2 heterocycles. The first-order valence-corrected chi connectivity index (χ1v) is 6.66. The molecular weight excluding hydrogens is 230 g/mol. The standard InChI is InChI=1S/C13H21N3O2/c1-9-7-10(2)16(15-9)12-8-13(4-3-11(12)14)17-5-6-18-13/h7,11-12H,3-6,8,14H2,1-2H3. The van der Waals surface area contributed by atoms with Gasteiger partial charge >= 0.3 is 0 Å². The van der Waals surface area contributed by atoms with Crippen LogP contribution in [0.4, 0.5) is 0 Å². The molecule has 0 radical (unpaired) electrons. The van der Waals surface area contributed by atoms with E-state index in [0.717, 1.165) is 30.7 Å². The Bertz CT molecular complexity index is 437. The smallest absolute Gasteiger partial charge is 0.170 e. The Labute approximate surface area is 107 Å². The van der Waals surface area contributed by atoms with Gasteiger partial charge in [0.2, 0.25) is 0 Å². The molecule has 2 fully saturated rings. The molecule has 100 valence electrons. The van der Waals surface area contributed by atoms with E-state index in [4.69, 9.17) is 15.2 Å². The van der Waals surface area contributed by atoms with Crippen LogP contribution in [-0.2, 0) is 9.47 Å². The second kappa shape index (κ2) is 4.33. The third-order valence-electron chi connectivity index (χ3n) is 4.05. The van der Waals surface area contributed by atoms with Crippen LogP contribution < -0.4 is 5.73 Å². The number of hydrogen-bond donors (Lipinski definition) is 1. The van der Waals surface area contributed by atoms with Crippen LogP contribution in [0.25, 0.3) is 0 Å². The van der Waals surface area contributed by atoms with Crippen LogP contribution in [0.1, 0.15) is 36.7 Å². The first kappa shape index (κ1) is 12.1. The lowest BCUT2D eigenvalue weighted by molar-refractivity contribution is -0.188. The fourth-order valence-electron chi connectivity index (χ4n) is 3.16. The van der Waals surface area contributed by atoms with Crippen molar-refractivity contribution in [2.24, 2.45) is 5.73 Å². The summed E-state index contributed by atoms with van der Waals surface area (Å²) in [6.07, 6.45) is 2.61. The van der Waals surface area contributed by atoms with Gasteiger partial charge in [0, 0.05) is 24.6 Å². The molecule has 0 amide bonds. The summed E-state index contributed by atoms with van der Waals surface area (Å²) >= 11 is 0. The molecule has 1 aromatic heterocycles. The normalized spacial score (nSPS) is 31.1. The van der Waals surface area contributed by atoms with Crippen molar-refractivity contribution in [3.05, 3.63) is 17.5 Å². The summed E-state index contributed by atoms with van der Waals surface area (Å²) in [5.74, 6) is -0.410. The largest absolute Gasteiger partial charge is 0.347 e. The van der Waals surface area contributed by atoms with E-state index in [9.17, 15) is 0 Å². The first-order chi connectivity index (χ1) is 8.60. The van der Waals surface area contributed by atoms with E-state index in [-0.39, 0.29) is 12.1 Å². The maximum Gasteiger partial charge on any atom is 0.170 e. The summed E-state index contributed by atoms with van der Waals surface area (Å²) in [4.78, 5) is 0. The number of rotatable bonds is 1. The van der Waals surface area contributed by atoms with Crippen molar-refractivity contribution < 1.29 is 9.47 Å². The van der Waals surface area contributed by atoms with Gasteiger partial charge in [-0.1, -0.05) is 0 Å². The number of ether oxygens (including phenoxy) is 2. The van der Waals surface area contributed by atoms with Crippen LogP contribution in [0.15, 0.2) is 6.07 Å². The van der Waals surface area contributed by atoms with Gasteiger partial charge in [-0.15, -0.1) is 0 Å². The minimum Gasteiger partial charge on any atom is -0.347 e. The third-order valence-corrected chi connectivity index (χ3v) is 4.05. The van der Waals surface area contributed by atoms with Crippen LogP contribution >= 0.6 is 0 Å². The fraction of sp³-hybridized carbons (Fsp3) is 0.769. The highest BCUT2D eigenvalue weighted by atomic mass is 16.7. The molecule has 5 heteroatoms. The molecule has 1 spiro atoms. The van der Waals surface area contributed by atoms with Crippen LogP contribution in [0.2, 0.25) is 0 Å². The molecule has 2 aliphatic rings. The average Bonchev–Trinajstić information content (AvgIpc) is 2.90. The molecule has 2 N–H and O–H groups in total. The summed E-state index contributed by atoms with van der Waals surface area (Å²) in [5.41, 5.74) is 8.46. The van der Waals surface area contributed by atoms with Crippen molar-refractivity contribution >= 4 is 0 Å². The van der Waals surface area contributed by atoms with Gasteiger partial charge in [-0.25, -0.2) is 0 Å². The number of aryl methyl sites for hydroxylation is 2. The Morgan fingerprint density at radius 1 is 1.39 bits per heavy atom. The Morgan fingerprint density at radius 2 is 2.11 bits per heavy atom. The molecule has 1 aromatic rings. The molecule has 18 heavy (non-hydrogen) atoms. The number of hydrogen-bond acceptors (Lipinski definition) is 4. The van der Waals surface area contributed by atoms with Crippen molar-refractivity contribution in [3.8, 4) is 0 Å². The lowest BCUT2D eigenvalue weighted by Crippen LogP contribution is -2.47. The summed E-state index contributed by atoms with van der Waals surface area (Å²) in [6.45, 7) is 5.47. The lowest BCUT2D eigenvalue weighted by Gasteiger charge is -2.40. The molecule has 0 aromatic carbocycles. The summed E-state index contributed by atoms with van der Waals surface area (Å²) in [6, 6.07) is 2.39. The maximum absolute atomic E-state index is 6.27. The topological polar surface area (TPSA) is 62.3 Å². The molecule has 1 saturated heterocycles. The zero-order chi connectivity index (χ0) is 12.8. The fourth-order valence-corrected chi connectivity index (χ4v) is 3.16. The van der Waals surface area contributed by atoms with Gasteiger partial charge in [0.05, 0.1) is 24.9 Å². The van der Waals surface area contributed by atoms with Crippen LogP contribution in [-0.4, -0.2) is 34.8 Å². The Kier molecular flexibility index (Phi) is 2.92. The van der Waals surface area contributed by atoms with Crippen molar-refractivity contribution in [1.82, 2.24) is 9.78 Å². The number of nitrogens with two attached hydrogens (primary N) is 1. The van der Waals surface area contributed by atoms with E-state index >= 15 is 0 Å². The Morgan fingerprint density at radius 3 is 2.72 bits per heavy atom. The second-order valence-electron chi connectivity index (χ2n) is 5.45. The average molecular weight is 251 g/mol. The van der Waals surface area contributed by atoms with Crippen molar-refractivity contribution in [1.29, 1.82) is 0 Å². The highest BCUT2D eigenvalue weighted by Crippen LogP contribution is 2.40. The monoisotopic (exact) mass is 251 g/mol. The van der Waals surface area contributed by atoms with E-state index in [2.05, 4.69) is 18.1 Å². The van der Waals surface area contributed by atoms with E-state index in [0.29, 0.717) is 13.2 Å². The SMILES string of the molecule is Cc1cc(C)n(C2CC3(CCC2N)OCCO3)n1. The molecule has 1 aliphatic carbocycles. The molecule has 2 unspecified atom stereocenters. The minimum atomic E-state index is -0.410. The number of aromatic nitrogens is 2. The molecule has 1 aliphatic heterocycles. The van der Waals surface area contributed by atoms with Gasteiger partial charge in [0.1, 0.15) is 0 Å². The second-order valence-corrected chi connectivity index (χ2v) is 5.45. The van der Waals surface area contributed by atoms with Gasteiger partial charge < -0.3 is 15.2 Å². The molecule has 1 saturated carbocycles. The predicted molar refractivity (Wildman–Crippen MR) is 67.2 cm³/mol. The lowest BCUT2D eigenvalue weighted by atomic mass is 9.86. The molecule has 0 bridgehead atoms. The zero-order valence-corrected chi connectivity index (χ0v) is 11.1. The van der Waals surface area contributed by atoms with Crippen molar-refractivity contribution in [2.45, 2.75) is 51.0 Å². The van der Waals surface area contributed by atoms with Gasteiger partial charge in [-0.2, -0.15) is 5.10 Å². The Hall–Kier alpha value is -0.910. The van der Waals surface area contributed by atoms with Gasteiger partial charge in [-0.3, -0.25) is 4.68 Å². The highest BCUT2D eigenvalue weighted by molar-refractivity contribution is 5.09. The maximum atomic E-state index is 6.27. The molecule has 5 nitrogen and oxygen atoms in total. The van der Waals surface area contributed by atoms with Crippen LogP contribution in [0.3, 0.4) is 0 Å². The van der Waals surface area contributed by atoms with Crippen molar-refractivity contribution in [2.75, 3.05) is 13.2 Å². The number of nitrogens with zero attached hydrogens (tertiary/aromatic N) is 2. The van der Waals surface area contributed by atoms with E-state index in [1.807, 2.05) is 11.6 Å². The first-order valence-electron chi connectivity index (χ1n) is 6.66. The Balaban J connectivity index is 1.87. The van der Waals surface area contributed by atoms with E-state index in [1.165, 1.54) is 0 Å². The zero-order valence-electron chi connectivity index (χ0n) is 11.1. The minimum absolute atomic E-state index is 0.126. The van der Waals surface area contributed by atoms with Gasteiger partial charge in [0.15, 0.2) is 5.79 Å². The summed E-state index contributed by atoms with van der Waals surface area (Å²) in [5, 5.41) is 4.56. The molecule has 3 rings (SSSR count). The quantitative estimate of drug-likeness (QED) is 0.817. The van der Waals surface area contributed by atoms with Crippen LogP contribution in [0, 0.1) is 13.8 Å². The summed E-state index contributed by atoms with van der Waals surface area (Å²) < 4.78 is 13.7. The predicted octanol–water partition coefficient (Wildman–Crippen LogP) is 1.30. The van der Waals surface area contributed by atoms with Crippen LogP contribution in [0.5, 0.6) is 0 Å². The van der Waals surface area contributed by atoms with Gasteiger partial charge in [-0.05, 0) is 26.3 Å². The summed E-state index contributed by atoms with van der Waals surface area (Å²) in [7, 11) is 0. The third kappa shape index (κ3) is 1.96. The highest BCUT2D eigenvalue weighted by Gasteiger charge is 2.45. The molecular formula is C13H21N3O2. The van der Waals surface area contributed by atoms with Crippen molar-refractivity contribution in [3.63, 3.8) is 0 Å².